The monoisotopic (exact) mass is 249 g/mol. The highest BCUT2D eigenvalue weighted by molar-refractivity contribution is 5.77. The SMILES string of the molecule is COC[C@H]1CCN(Cc2ccccc2)C(=O)CO1. The normalized spacial score (nSPS) is 20.8. The molecule has 4 heteroatoms. The fourth-order valence-electron chi connectivity index (χ4n) is 2.08. The van der Waals surface area contributed by atoms with Gasteiger partial charge in [-0.2, -0.15) is 0 Å². The minimum absolute atomic E-state index is 0.0275. The van der Waals surface area contributed by atoms with Crippen LogP contribution in [0.15, 0.2) is 30.3 Å². The molecule has 0 radical (unpaired) electrons. The Morgan fingerprint density at radius 3 is 2.89 bits per heavy atom. The Bertz CT molecular complexity index is 380. The number of rotatable bonds is 4. The lowest BCUT2D eigenvalue weighted by molar-refractivity contribution is -0.135. The first-order valence-electron chi connectivity index (χ1n) is 6.22. The summed E-state index contributed by atoms with van der Waals surface area (Å²) in [6, 6.07) is 10.0. The highest BCUT2D eigenvalue weighted by Gasteiger charge is 2.22. The lowest BCUT2D eigenvalue weighted by Gasteiger charge is -2.19. The third kappa shape index (κ3) is 3.55. The molecule has 1 aromatic carbocycles. The quantitative estimate of drug-likeness (QED) is 0.810. The molecule has 0 bridgehead atoms. The van der Waals surface area contributed by atoms with E-state index in [1.807, 2.05) is 35.2 Å². The summed E-state index contributed by atoms with van der Waals surface area (Å²) in [5.41, 5.74) is 1.15. The van der Waals surface area contributed by atoms with Gasteiger partial charge in [0, 0.05) is 20.2 Å². The third-order valence-corrected chi connectivity index (χ3v) is 3.09. The predicted molar refractivity (Wildman–Crippen MR) is 68.1 cm³/mol. The van der Waals surface area contributed by atoms with Crippen LogP contribution in [-0.4, -0.2) is 43.8 Å². The van der Waals surface area contributed by atoms with E-state index in [9.17, 15) is 4.79 Å². The van der Waals surface area contributed by atoms with Crippen LogP contribution in [0, 0.1) is 0 Å². The van der Waals surface area contributed by atoms with Gasteiger partial charge in [0.2, 0.25) is 5.91 Å². The van der Waals surface area contributed by atoms with Crippen LogP contribution < -0.4 is 0 Å². The van der Waals surface area contributed by atoms with Crippen LogP contribution in [0.5, 0.6) is 0 Å². The number of carbonyl (C=O) groups is 1. The molecule has 2 rings (SSSR count). The highest BCUT2D eigenvalue weighted by Crippen LogP contribution is 2.12. The zero-order chi connectivity index (χ0) is 12.8. The molecule has 0 aromatic heterocycles. The van der Waals surface area contributed by atoms with Crippen molar-refractivity contribution >= 4 is 5.91 Å². The van der Waals surface area contributed by atoms with Crippen molar-refractivity contribution in [3.8, 4) is 0 Å². The van der Waals surface area contributed by atoms with Crippen LogP contribution in [0.3, 0.4) is 0 Å². The van der Waals surface area contributed by atoms with Crippen LogP contribution in [0.2, 0.25) is 0 Å². The molecule has 0 unspecified atom stereocenters. The van der Waals surface area contributed by atoms with Crippen molar-refractivity contribution < 1.29 is 14.3 Å². The largest absolute Gasteiger partial charge is 0.382 e. The van der Waals surface area contributed by atoms with Crippen molar-refractivity contribution in [2.24, 2.45) is 0 Å². The number of amides is 1. The molecule has 98 valence electrons. The Morgan fingerprint density at radius 2 is 2.17 bits per heavy atom. The van der Waals surface area contributed by atoms with E-state index in [2.05, 4.69) is 0 Å². The second kappa shape index (κ2) is 6.52. The molecule has 0 spiro atoms. The fraction of sp³-hybridized carbons (Fsp3) is 0.500. The summed E-state index contributed by atoms with van der Waals surface area (Å²) in [5.74, 6) is 0.0532. The second-order valence-corrected chi connectivity index (χ2v) is 4.48. The Hall–Kier alpha value is -1.39. The summed E-state index contributed by atoms with van der Waals surface area (Å²) in [4.78, 5) is 13.8. The van der Waals surface area contributed by atoms with Crippen molar-refractivity contribution in [1.82, 2.24) is 4.90 Å². The maximum Gasteiger partial charge on any atom is 0.248 e. The minimum atomic E-state index is 0.0275. The zero-order valence-electron chi connectivity index (χ0n) is 10.7. The molecule has 0 aliphatic carbocycles. The standard InChI is InChI=1S/C14H19NO3/c1-17-10-13-7-8-15(14(16)11-18-13)9-12-5-3-2-4-6-12/h2-6,13H,7-11H2,1H3/t13-/m1/s1. The summed E-state index contributed by atoms with van der Waals surface area (Å²) >= 11 is 0. The van der Waals surface area contributed by atoms with E-state index in [0.717, 1.165) is 18.5 Å². The van der Waals surface area contributed by atoms with Gasteiger partial charge in [-0.15, -0.1) is 0 Å². The van der Waals surface area contributed by atoms with E-state index in [1.54, 1.807) is 7.11 Å². The molecule has 0 saturated carbocycles. The molecular weight excluding hydrogens is 230 g/mol. The smallest absolute Gasteiger partial charge is 0.248 e. The van der Waals surface area contributed by atoms with Gasteiger partial charge in [0.25, 0.3) is 0 Å². The topological polar surface area (TPSA) is 38.8 Å². The van der Waals surface area contributed by atoms with Crippen LogP contribution in [0.4, 0.5) is 0 Å². The first kappa shape index (κ1) is 13.1. The maximum absolute atomic E-state index is 11.9. The molecule has 1 aliphatic rings. The average Bonchev–Trinajstić information content (AvgIpc) is 2.56. The van der Waals surface area contributed by atoms with Crippen molar-refractivity contribution in [3.05, 3.63) is 35.9 Å². The van der Waals surface area contributed by atoms with Crippen LogP contribution >= 0.6 is 0 Å². The first-order chi connectivity index (χ1) is 8.79. The van der Waals surface area contributed by atoms with E-state index < -0.39 is 0 Å². The van der Waals surface area contributed by atoms with Crippen molar-refractivity contribution in [3.63, 3.8) is 0 Å². The maximum atomic E-state index is 11.9. The van der Waals surface area contributed by atoms with E-state index in [4.69, 9.17) is 9.47 Å². The number of nitrogens with zero attached hydrogens (tertiary/aromatic N) is 1. The molecule has 1 atom stereocenters. The van der Waals surface area contributed by atoms with Crippen molar-refractivity contribution in [2.45, 2.75) is 19.1 Å². The van der Waals surface area contributed by atoms with Crippen LogP contribution in [-0.2, 0) is 20.8 Å². The molecule has 4 nitrogen and oxygen atoms in total. The van der Waals surface area contributed by atoms with Gasteiger partial charge in [-0.25, -0.2) is 0 Å². The lowest BCUT2D eigenvalue weighted by atomic mass is 10.2. The van der Waals surface area contributed by atoms with Gasteiger partial charge in [0.15, 0.2) is 0 Å². The first-order valence-corrected chi connectivity index (χ1v) is 6.22. The van der Waals surface area contributed by atoms with Gasteiger partial charge in [-0.05, 0) is 12.0 Å². The van der Waals surface area contributed by atoms with Gasteiger partial charge in [-0.1, -0.05) is 30.3 Å². The van der Waals surface area contributed by atoms with Crippen molar-refractivity contribution in [2.75, 3.05) is 26.9 Å². The summed E-state index contributed by atoms with van der Waals surface area (Å²) in [6.07, 6.45) is 0.853. The Balaban J connectivity index is 1.94. The zero-order valence-corrected chi connectivity index (χ0v) is 10.7. The Labute approximate surface area is 107 Å². The second-order valence-electron chi connectivity index (χ2n) is 4.48. The Morgan fingerprint density at radius 1 is 1.39 bits per heavy atom. The molecule has 1 fully saturated rings. The number of ether oxygens (including phenoxy) is 2. The number of benzene rings is 1. The van der Waals surface area contributed by atoms with Gasteiger partial charge in [0.05, 0.1) is 12.7 Å². The van der Waals surface area contributed by atoms with Gasteiger partial charge >= 0.3 is 0 Å². The van der Waals surface area contributed by atoms with Crippen LogP contribution in [0.25, 0.3) is 0 Å². The van der Waals surface area contributed by atoms with Crippen molar-refractivity contribution in [1.29, 1.82) is 0 Å². The number of methoxy groups -OCH3 is 1. The molecule has 1 aromatic rings. The summed E-state index contributed by atoms with van der Waals surface area (Å²) in [6.45, 7) is 2.08. The van der Waals surface area contributed by atoms with Gasteiger partial charge < -0.3 is 14.4 Å². The minimum Gasteiger partial charge on any atom is -0.382 e. The Kier molecular flexibility index (Phi) is 4.73. The fourth-order valence-corrected chi connectivity index (χ4v) is 2.08. The number of hydrogen-bond donors (Lipinski definition) is 0. The van der Waals surface area contributed by atoms with Gasteiger partial charge in [0.1, 0.15) is 6.61 Å². The van der Waals surface area contributed by atoms with E-state index in [0.29, 0.717) is 13.2 Å². The molecule has 1 heterocycles. The summed E-state index contributed by atoms with van der Waals surface area (Å²) in [7, 11) is 1.65. The molecule has 1 amide bonds. The number of hydrogen-bond acceptors (Lipinski definition) is 3. The highest BCUT2D eigenvalue weighted by atomic mass is 16.5. The predicted octanol–water partition coefficient (Wildman–Crippen LogP) is 1.45. The lowest BCUT2D eigenvalue weighted by Crippen LogP contribution is -2.32. The van der Waals surface area contributed by atoms with Gasteiger partial charge in [-0.3, -0.25) is 4.79 Å². The molecular formula is C14H19NO3. The molecule has 1 saturated heterocycles. The van der Waals surface area contributed by atoms with E-state index in [1.165, 1.54) is 0 Å². The van der Waals surface area contributed by atoms with E-state index >= 15 is 0 Å². The summed E-state index contributed by atoms with van der Waals surface area (Å²) < 4.78 is 10.6. The van der Waals surface area contributed by atoms with Crippen LogP contribution in [0.1, 0.15) is 12.0 Å². The third-order valence-electron chi connectivity index (χ3n) is 3.09. The summed E-state index contributed by atoms with van der Waals surface area (Å²) in [5, 5.41) is 0. The molecule has 18 heavy (non-hydrogen) atoms. The van der Waals surface area contributed by atoms with E-state index in [-0.39, 0.29) is 18.6 Å². The average molecular weight is 249 g/mol. The molecule has 0 N–H and O–H groups in total. The molecule has 1 aliphatic heterocycles. The number of carbonyl (C=O) groups excluding carboxylic acids is 1.